The van der Waals surface area contributed by atoms with Gasteiger partial charge in [-0.3, -0.25) is 0 Å². The maximum atomic E-state index is 6.94. The van der Waals surface area contributed by atoms with E-state index in [4.69, 9.17) is 11.6 Å². The standard InChI is InChI=1S/C32H32ClN2.BrH/c1-3-34-22-20-24(28-12-5-7-14-30(28)34)16-18-26-10-9-11-27(32(26)33)19-17-25-21-23-35(4-2)31-15-8-6-13-29(25)31;/h5-8,12-23H,3-4,9-11H2,1-2H3;1H/q+1;/p-1. The smallest absolute Gasteiger partial charge is 0.213 e. The number of fused-ring (bicyclic) bond motifs is 2. The van der Waals surface area contributed by atoms with Gasteiger partial charge in [0.15, 0.2) is 6.20 Å². The van der Waals surface area contributed by atoms with E-state index in [9.17, 15) is 0 Å². The Bertz CT molecular complexity index is 1410. The quantitative estimate of drug-likeness (QED) is 0.390. The van der Waals surface area contributed by atoms with Crippen LogP contribution in [0.1, 0.15) is 44.2 Å². The molecule has 3 aromatic rings. The summed E-state index contributed by atoms with van der Waals surface area (Å²) < 4.78 is 2.28. The number of pyridine rings is 1. The van der Waals surface area contributed by atoms with Gasteiger partial charge in [-0.2, -0.15) is 4.57 Å². The Hall–Kier alpha value is -2.88. The van der Waals surface area contributed by atoms with Crippen molar-refractivity contribution in [2.24, 2.45) is 0 Å². The predicted molar refractivity (Wildman–Crippen MR) is 150 cm³/mol. The third-order valence-corrected chi connectivity index (χ3v) is 7.47. The van der Waals surface area contributed by atoms with E-state index in [1.54, 1.807) is 0 Å². The van der Waals surface area contributed by atoms with Gasteiger partial charge < -0.3 is 21.9 Å². The van der Waals surface area contributed by atoms with Crippen molar-refractivity contribution in [1.29, 1.82) is 0 Å². The number of aryl methyl sites for hydroxylation is 1. The molecule has 36 heavy (non-hydrogen) atoms. The van der Waals surface area contributed by atoms with Crippen LogP contribution < -0.4 is 26.4 Å². The van der Waals surface area contributed by atoms with Crippen molar-refractivity contribution in [1.82, 2.24) is 0 Å². The number of halogens is 2. The molecule has 5 rings (SSSR count). The minimum Gasteiger partial charge on any atom is -1.00 e. The van der Waals surface area contributed by atoms with Crippen molar-refractivity contribution >= 4 is 39.8 Å². The Kier molecular flexibility index (Phi) is 8.66. The van der Waals surface area contributed by atoms with Crippen LogP contribution in [0.2, 0.25) is 0 Å². The maximum absolute atomic E-state index is 6.94. The van der Waals surface area contributed by atoms with Gasteiger partial charge in [-0.1, -0.05) is 66.2 Å². The number of anilines is 1. The number of nitrogens with zero attached hydrogens (tertiary/aromatic N) is 2. The Morgan fingerprint density at radius 1 is 0.944 bits per heavy atom. The lowest BCUT2D eigenvalue weighted by Crippen LogP contribution is -3.00. The number of allylic oxidation sites excluding steroid dienone is 8. The molecular weight excluding hydrogens is 528 g/mol. The molecule has 0 radical (unpaired) electrons. The molecule has 0 bridgehead atoms. The molecule has 4 heteroatoms. The Morgan fingerprint density at radius 3 is 2.58 bits per heavy atom. The van der Waals surface area contributed by atoms with E-state index < -0.39 is 0 Å². The lowest BCUT2D eigenvalue weighted by Gasteiger charge is -2.26. The molecule has 0 unspecified atom stereocenters. The third-order valence-electron chi connectivity index (χ3n) is 6.98. The first-order valence-electron chi connectivity index (χ1n) is 12.6. The summed E-state index contributed by atoms with van der Waals surface area (Å²) in [7, 11) is 0. The average Bonchev–Trinajstić information content (AvgIpc) is 2.91. The van der Waals surface area contributed by atoms with E-state index in [1.165, 1.54) is 44.4 Å². The molecule has 0 saturated heterocycles. The van der Waals surface area contributed by atoms with Crippen molar-refractivity contribution in [3.8, 4) is 0 Å². The van der Waals surface area contributed by atoms with Crippen LogP contribution in [-0.2, 0) is 6.54 Å². The molecule has 2 nitrogen and oxygen atoms in total. The van der Waals surface area contributed by atoms with E-state index in [0.717, 1.165) is 37.4 Å². The van der Waals surface area contributed by atoms with Gasteiger partial charge in [-0.05, 0) is 73.6 Å². The van der Waals surface area contributed by atoms with E-state index >= 15 is 0 Å². The van der Waals surface area contributed by atoms with Crippen LogP contribution in [0.3, 0.4) is 0 Å². The van der Waals surface area contributed by atoms with Gasteiger partial charge in [-0.25, -0.2) is 0 Å². The molecule has 184 valence electrons. The molecule has 1 aliphatic carbocycles. The molecular formula is C32H32BrClN2. The monoisotopic (exact) mass is 558 g/mol. The first kappa shape index (κ1) is 26.2. The van der Waals surface area contributed by atoms with Gasteiger partial charge in [0.05, 0.1) is 5.39 Å². The first-order chi connectivity index (χ1) is 17.2. The molecule has 0 fully saturated rings. The van der Waals surface area contributed by atoms with E-state index in [0.29, 0.717) is 0 Å². The Balaban J connectivity index is 0.00000304. The normalized spacial score (nSPS) is 17.8. The van der Waals surface area contributed by atoms with Crippen LogP contribution in [0.4, 0.5) is 5.69 Å². The van der Waals surface area contributed by atoms with Crippen LogP contribution in [0, 0.1) is 0 Å². The topological polar surface area (TPSA) is 7.12 Å². The first-order valence-corrected chi connectivity index (χ1v) is 13.0. The maximum Gasteiger partial charge on any atom is 0.213 e. The second-order valence-electron chi connectivity index (χ2n) is 9.03. The van der Waals surface area contributed by atoms with Gasteiger partial charge in [0.2, 0.25) is 5.52 Å². The van der Waals surface area contributed by atoms with Gasteiger partial charge in [0.1, 0.15) is 6.54 Å². The van der Waals surface area contributed by atoms with Crippen molar-refractivity contribution in [3.63, 3.8) is 0 Å². The molecule has 0 spiro atoms. The van der Waals surface area contributed by atoms with Crippen molar-refractivity contribution in [3.05, 3.63) is 119 Å². The lowest BCUT2D eigenvalue weighted by atomic mass is 9.92. The molecule has 0 saturated carbocycles. The van der Waals surface area contributed by atoms with Gasteiger partial charge in [0.25, 0.3) is 0 Å². The zero-order chi connectivity index (χ0) is 24.2. The molecule has 0 amide bonds. The molecule has 0 N–H and O–H groups in total. The summed E-state index contributed by atoms with van der Waals surface area (Å²) in [6.45, 7) is 6.28. The molecule has 2 aliphatic rings. The van der Waals surface area contributed by atoms with E-state index in [2.05, 4.69) is 121 Å². The Morgan fingerprint density at radius 2 is 1.75 bits per heavy atom. The van der Waals surface area contributed by atoms with Gasteiger partial charge >= 0.3 is 0 Å². The predicted octanol–water partition coefficient (Wildman–Crippen LogP) is 5.20. The van der Waals surface area contributed by atoms with Crippen LogP contribution in [0.5, 0.6) is 0 Å². The van der Waals surface area contributed by atoms with Crippen molar-refractivity contribution in [2.45, 2.75) is 39.7 Å². The minimum atomic E-state index is 0. The molecule has 1 aromatic heterocycles. The number of hydrogen-bond donors (Lipinski definition) is 0. The largest absolute Gasteiger partial charge is 1.00 e. The summed E-state index contributed by atoms with van der Waals surface area (Å²) >= 11 is 6.94. The second-order valence-corrected chi connectivity index (χ2v) is 9.41. The summed E-state index contributed by atoms with van der Waals surface area (Å²) in [5, 5.41) is 2.17. The van der Waals surface area contributed by atoms with Crippen molar-refractivity contribution in [2.75, 3.05) is 11.4 Å². The fraction of sp³-hybridized carbons (Fsp3) is 0.219. The highest BCUT2D eigenvalue weighted by molar-refractivity contribution is 6.32. The average molecular weight is 560 g/mol. The molecule has 2 heterocycles. The SMILES string of the molecule is CCN1C=C/C(=C\C=C2/CCCC(/C=C/c3cc[n+](CC)c4ccccc34)=C2Cl)c2ccccc21.[Br-]. The second kappa shape index (κ2) is 11.9. The summed E-state index contributed by atoms with van der Waals surface area (Å²) in [6.07, 6.45) is 18.6. The van der Waals surface area contributed by atoms with Crippen LogP contribution in [-0.4, -0.2) is 6.54 Å². The highest BCUT2D eigenvalue weighted by Gasteiger charge is 2.16. The highest BCUT2D eigenvalue weighted by atomic mass is 79.9. The van der Waals surface area contributed by atoms with Gasteiger partial charge in [0, 0.05) is 41.2 Å². The summed E-state index contributed by atoms with van der Waals surface area (Å²) in [6, 6.07) is 19.4. The number of rotatable bonds is 5. The summed E-state index contributed by atoms with van der Waals surface area (Å²) in [4.78, 5) is 2.28. The van der Waals surface area contributed by atoms with Crippen molar-refractivity contribution < 1.29 is 21.5 Å². The number of para-hydroxylation sites is 2. The fourth-order valence-corrected chi connectivity index (χ4v) is 5.36. The summed E-state index contributed by atoms with van der Waals surface area (Å²) in [5.74, 6) is 0. The zero-order valence-corrected chi connectivity index (χ0v) is 23.3. The Labute approximate surface area is 230 Å². The van der Waals surface area contributed by atoms with Crippen LogP contribution >= 0.6 is 11.6 Å². The molecule has 2 aromatic carbocycles. The molecule has 1 aliphatic heterocycles. The lowest BCUT2D eigenvalue weighted by molar-refractivity contribution is -0.667. The third kappa shape index (κ3) is 5.28. The van der Waals surface area contributed by atoms with Crippen LogP contribution in [0.15, 0.2) is 107 Å². The minimum absolute atomic E-state index is 0. The molecule has 0 atom stereocenters. The highest BCUT2D eigenvalue weighted by Crippen LogP contribution is 2.36. The van der Waals surface area contributed by atoms with Gasteiger partial charge in [-0.15, -0.1) is 0 Å². The fourth-order valence-electron chi connectivity index (χ4n) is 5.05. The summed E-state index contributed by atoms with van der Waals surface area (Å²) in [5.41, 5.74) is 8.68. The van der Waals surface area contributed by atoms with E-state index in [-0.39, 0.29) is 17.0 Å². The zero-order valence-electron chi connectivity index (χ0n) is 20.9. The number of benzene rings is 2. The number of hydrogen-bond acceptors (Lipinski definition) is 1. The number of aromatic nitrogens is 1. The van der Waals surface area contributed by atoms with Crippen LogP contribution in [0.25, 0.3) is 22.6 Å². The van der Waals surface area contributed by atoms with E-state index in [1.807, 2.05) is 0 Å².